The highest BCUT2D eigenvalue weighted by molar-refractivity contribution is 5.79. The number of allylic oxidation sites excluding steroid dienone is 1. The Kier molecular flexibility index (Phi) is 4.95. The molecule has 1 aromatic rings. The van der Waals surface area contributed by atoms with Crippen LogP contribution in [0.15, 0.2) is 34.1 Å². The van der Waals surface area contributed by atoms with Crippen LogP contribution in [0.3, 0.4) is 0 Å². The van der Waals surface area contributed by atoms with Crippen molar-refractivity contribution in [3.63, 3.8) is 0 Å². The minimum Gasteiger partial charge on any atom is -0.360 e. The molecule has 2 rings (SSSR count). The molecule has 102 valence electrons. The summed E-state index contributed by atoms with van der Waals surface area (Å²) in [6, 6.07) is 3.40. The van der Waals surface area contributed by atoms with E-state index >= 15 is 0 Å². The molecular formula is C15H21N3O. The van der Waals surface area contributed by atoms with Crippen LogP contribution >= 0.6 is 0 Å². The third-order valence-corrected chi connectivity index (χ3v) is 3.21. The molecule has 0 saturated carbocycles. The number of hydrogen-bond acceptors (Lipinski definition) is 3. The van der Waals surface area contributed by atoms with Gasteiger partial charge in [0.1, 0.15) is 0 Å². The second kappa shape index (κ2) is 6.92. The summed E-state index contributed by atoms with van der Waals surface area (Å²) in [4.78, 5) is 20.4. The predicted octanol–water partition coefficient (Wildman–Crippen LogP) is 3.03. The highest BCUT2D eigenvalue weighted by atomic mass is 16.1. The number of H-pyrrole nitrogens is 1. The van der Waals surface area contributed by atoms with E-state index in [1.165, 1.54) is 19.3 Å². The van der Waals surface area contributed by atoms with Crippen LogP contribution in [-0.2, 0) is 0 Å². The summed E-state index contributed by atoms with van der Waals surface area (Å²) in [6.07, 6.45) is 11.2. The third kappa shape index (κ3) is 3.81. The smallest absolute Gasteiger partial charge is 0.249 e. The number of aromatic nitrogens is 1. The van der Waals surface area contributed by atoms with Crippen LogP contribution in [0.4, 0.5) is 11.5 Å². The number of rotatable bonds is 6. The lowest BCUT2D eigenvalue weighted by Gasteiger charge is -2.25. The van der Waals surface area contributed by atoms with Gasteiger partial charge >= 0.3 is 0 Å². The summed E-state index contributed by atoms with van der Waals surface area (Å²) < 4.78 is 0. The highest BCUT2D eigenvalue weighted by Crippen LogP contribution is 2.26. The van der Waals surface area contributed by atoms with Crippen molar-refractivity contribution in [2.75, 3.05) is 18.0 Å². The van der Waals surface area contributed by atoms with Crippen molar-refractivity contribution in [3.05, 3.63) is 34.6 Å². The molecule has 0 saturated heterocycles. The summed E-state index contributed by atoms with van der Waals surface area (Å²) in [6.45, 7) is 3.87. The van der Waals surface area contributed by atoms with Crippen LogP contribution in [0.1, 0.15) is 32.6 Å². The molecule has 0 amide bonds. The van der Waals surface area contributed by atoms with E-state index in [2.05, 4.69) is 34.0 Å². The van der Waals surface area contributed by atoms with E-state index in [0.29, 0.717) is 5.82 Å². The SMILES string of the molecule is CCCCCC=CCN1CC=Nc2[nH]c(=O)ccc21. The van der Waals surface area contributed by atoms with Crippen molar-refractivity contribution in [3.8, 4) is 0 Å². The van der Waals surface area contributed by atoms with Crippen LogP contribution in [0, 0.1) is 0 Å². The molecule has 0 aromatic carbocycles. The topological polar surface area (TPSA) is 48.5 Å². The van der Waals surface area contributed by atoms with Gasteiger partial charge in [-0.25, -0.2) is 4.99 Å². The number of unbranched alkanes of at least 4 members (excludes halogenated alkanes) is 3. The van der Waals surface area contributed by atoms with Gasteiger partial charge in [0.25, 0.3) is 0 Å². The van der Waals surface area contributed by atoms with E-state index < -0.39 is 0 Å². The minimum absolute atomic E-state index is 0.104. The minimum atomic E-state index is -0.104. The zero-order valence-electron chi connectivity index (χ0n) is 11.4. The van der Waals surface area contributed by atoms with E-state index in [4.69, 9.17) is 0 Å². The van der Waals surface area contributed by atoms with Crippen molar-refractivity contribution in [2.45, 2.75) is 32.6 Å². The van der Waals surface area contributed by atoms with E-state index in [9.17, 15) is 4.79 Å². The number of anilines is 1. The summed E-state index contributed by atoms with van der Waals surface area (Å²) in [7, 11) is 0. The Morgan fingerprint density at radius 2 is 2.26 bits per heavy atom. The van der Waals surface area contributed by atoms with Gasteiger partial charge in [-0.15, -0.1) is 0 Å². The molecule has 0 atom stereocenters. The molecule has 1 aliphatic heterocycles. The largest absolute Gasteiger partial charge is 0.360 e. The van der Waals surface area contributed by atoms with Gasteiger partial charge in [0.2, 0.25) is 5.56 Å². The van der Waals surface area contributed by atoms with Crippen molar-refractivity contribution in [2.24, 2.45) is 4.99 Å². The second-order valence-electron chi connectivity index (χ2n) is 4.74. The Balaban J connectivity index is 1.93. The first-order valence-electron chi connectivity index (χ1n) is 6.97. The Hall–Kier alpha value is -1.84. The molecule has 0 spiro atoms. The molecule has 2 heterocycles. The molecular weight excluding hydrogens is 238 g/mol. The van der Waals surface area contributed by atoms with Crippen LogP contribution in [0.2, 0.25) is 0 Å². The lowest BCUT2D eigenvalue weighted by atomic mass is 10.2. The van der Waals surface area contributed by atoms with E-state index in [-0.39, 0.29) is 5.56 Å². The molecule has 4 heteroatoms. The van der Waals surface area contributed by atoms with Gasteiger partial charge in [0.15, 0.2) is 5.82 Å². The van der Waals surface area contributed by atoms with Crippen molar-refractivity contribution < 1.29 is 0 Å². The Morgan fingerprint density at radius 1 is 1.37 bits per heavy atom. The summed E-state index contributed by atoms with van der Waals surface area (Å²) in [5, 5.41) is 0. The molecule has 0 radical (unpaired) electrons. The van der Waals surface area contributed by atoms with E-state index in [1.54, 1.807) is 6.07 Å². The average molecular weight is 259 g/mol. The Bertz CT molecular complexity index is 516. The average Bonchev–Trinajstić information content (AvgIpc) is 2.42. The van der Waals surface area contributed by atoms with Gasteiger partial charge in [0.05, 0.1) is 12.2 Å². The second-order valence-corrected chi connectivity index (χ2v) is 4.74. The van der Waals surface area contributed by atoms with Crippen LogP contribution in [0.5, 0.6) is 0 Å². The molecule has 1 aromatic heterocycles. The highest BCUT2D eigenvalue weighted by Gasteiger charge is 2.13. The standard InChI is InChI=1S/C15H21N3O/c1-2-3-4-5-6-7-11-18-12-10-16-15-13(18)8-9-14(19)17-15/h6-10H,2-5,11-12H2,1H3,(H,17,19). The normalized spacial score (nSPS) is 14.1. The van der Waals surface area contributed by atoms with Crippen molar-refractivity contribution >= 4 is 17.7 Å². The molecule has 1 N–H and O–H groups in total. The number of nitrogens with one attached hydrogen (secondary N) is 1. The fraction of sp³-hybridized carbons (Fsp3) is 0.467. The molecule has 4 nitrogen and oxygen atoms in total. The number of hydrogen-bond donors (Lipinski definition) is 1. The van der Waals surface area contributed by atoms with Gasteiger partial charge in [-0.1, -0.05) is 31.9 Å². The summed E-state index contributed by atoms with van der Waals surface area (Å²) >= 11 is 0. The summed E-state index contributed by atoms with van der Waals surface area (Å²) in [5.74, 6) is 0.665. The van der Waals surface area contributed by atoms with Gasteiger partial charge in [-0.05, 0) is 18.9 Å². The van der Waals surface area contributed by atoms with Crippen molar-refractivity contribution in [1.82, 2.24) is 4.98 Å². The van der Waals surface area contributed by atoms with Crippen LogP contribution in [-0.4, -0.2) is 24.3 Å². The molecule has 0 unspecified atom stereocenters. The lowest BCUT2D eigenvalue weighted by Crippen LogP contribution is -2.28. The maximum atomic E-state index is 11.2. The van der Waals surface area contributed by atoms with Crippen LogP contribution in [0.25, 0.3) is 0 Å². The Labute approximate surface area is 113 Å². The maximum absolute atomic E-state index is 11.2. The van der Waals surface area contributed by atoms with Crippen LogP contribution < -0.4 is 10.5 Å². The first-order chi connectivity index (χ1) is 9.31. The van der Waals surface area contributed by atoms with E-state index in [0.717, 1.165) is 25.2 Å². The Morgan fingerprint density at radius 3 is 3.11 bits per heavy atom. The zero-order chi connectivity index (χ0) is 13.5. The number of aromatic amines is 1. The molecule has 0 fully saturated rings. The quantitative estimate of drug-likeness (QED) is 0.630. The van der Waals surface area contributed by atoms with Gasteiger partial charge in [-0.2, -0.15) is 0 Å². The fourth-order valence-corrected chi connectivity index (χ4v) is 2.14. The first kappa shape index (κ1) is 13.6. The number of fused-ring (bicyclic) bond motifs is 1. The van der Waals surface area contributed by atoms with Gasteiger partial charge in [0, 0.05) is 18.8 Å². The number of pyridine rings is 1. The van der Waals surface area contributed by atoms with Gasteiger partial charge in [-0.3, -0.25) is 4.79 Å². The number of nitrogens with zero attached hydrogens (tertiary/aromatic N) is 2. The van der Waals surface area contributed by atoms with E-state index in [1.807, 2.05) is 12.3 Å². The lowest BCUT2D eigenvalue weighted by molar-refractivity contribution is 0.728. The summed E-state index contributed by atoms with van der Waals surface area (Å²) in [5.41, 5.74) is 0.896. The number of aliphatic imine (C=N–C) groups is 1. The molecule has 0 aliphatic carbocycles. The van der Waals surface area contributed by atoms with Gasteiger partial charge < -0.3 is 9.88 Å². The first-order valence-corrected chi connectivity index (χ1v) is 6.97. The van der Waals surface area contributed by atoms with Crippen molar-refractivity contribution in [1.29, 1.82) is 0 Å². The molecule has 1 aliphatic rings. The zero-order valence-corrected chi connectivity index (χ0v) is 11.4. The third-order valence-electron chi connectivity index (χ3n) is 3.21. The predicted molar refractivity (Wildman–Crippen MR) is 80.7 cm³/mol. The maximum Gasteiger partial charge on any atom is 0.249 e. The monoisotopic (exact) mass is 259 g/mol. The fourth-order valence-electron chi connectivity index (χ4n) is 2.14. The molecule has 19 heavy (non-hydrogen) atoms. The molecule has 0 bridgehead atoms.